The van der Waals surface area contributed by atoms with Crippen molar-refractivity contribution in [2.45, 2.75) is 35.3 Å². The average Bonchev–Trinajstić information content (AvgIpc) is 3.33. The largest absolute Gasteiger partial charge is 0.366 e. The van der Waals surface area contributed by atoms with Crippen molar-refractivity contribution in [1.82, 2.24) is 20.1 Å². The van der Waals surface area contributed by atoms with Crippen molar-refractivity contribution >= 4 is 15.7 Å². The number of rotatable bonds is 6. The Kier molecular flexibility index (Phi) is 5.41. The minimum atomic E-state index is -3.64. The van der Waals surface area contributed by atoms with Gasteiger partial charge in [-0.3, -0.25) is 9.88 Å². The summed E-state index contributed by atoms with van der Waals surface area (Å²) in [6.45, 7) is 3.10. The van der Waals surface area contributed by atoms with Gasteiger partial charge in [0.2, 0.25) is 9.84 Å². The van der Waals surface area contributed by atoms with Gasteiger partial charge in [-0.05, 0) is 61.1 Å². The molecule has 3 heterocycles. The first-order valence-corrected chi connectivity index (χ1v) is 12.1. The lowest BCUT2D eigenvalue weighted by Gasteiger charge is -2.19. The quantitative estimate of drug-likeness (QED) is 0.637. The highest BCUT2D eigenvalue weighted by molar-refractivity contribution is 7.91. The number of aromatic nitrogens is 3. The molecule has 1 aromatic carbocycles. The molecule has 1 saturated carbocycles. The van der Waals surface area contributed by atoms with Gasteiger partial charge in [0.05, 0.1) is 10.6 Å². The average molecular weight is 436 g/mol. The highest BCUT2D eigenvalue weighted by Gasteiger charge is 2.40. The van der Waals surface area contributed by atoms with Crippen molar-refractivity contribution in [2.24, 2.45) is 11.8 Å². The molecule has 0 radical (unpaired) electrons. The molecule has 160 valence electrons. The maximum Gasteiger partial charge on any atom is 0.225 e. The SMILES string of the molecule is O=S(=O)(c1ccccc1)c1ccc(NC2C[C@@H]3CN(Cc4ccccn4)C[C@@H]3C2)nn1. The van der Waals surface area contributed by atoms with E-state index in [-0.39, 0.29) is 9.92 Å². The molecule has 1 saturated heterocycles. The van der Waals surface area contributed by atoms with Gasteiger partial charge in [0.25, 0.3) is 0 Å². The fraction of sp³-hybridized carbons (Fsp3) is 0.348. The Morgan fingerprint density at radius 1 is 0.903 bits per heavy atom. The predicted octanol–water partition coefficient (Wildman–Crippen LogP) is 3.03. The number of fused-ring (bicyclic) bond motifs is 1. The molecule has 7 nitrogen and oxygen atoms in total. The molecule has 1 N–H and O–H groups in total. The van der Waals surface area contributed by atoms with Crippen LogP contribution in [0.1, 0.15) is 18.5 Å². The molecule has 8 heteroatoms. The number of anilines is 1. The number of nitrogens with one attached hydrogen (secondary N) is 1. The number of hydrogen-bond donors (Lipinski definition) is 1. The molecule has 0 amide bonds. The minimum absolute atomic E-state index is 0.0299. The van der Waals surface area contributed by atoms with Gasteiger partial charge >= 0.3 is 0 Å². The molecule has 1 aliphatic heterocycles. The molecule has 0 bridgehead atoms. The monoisotopic (exact) mass is 435 g/mol. The maximum atomic E-state index is 12.7. The first-order valence-electron chi connectivity index (χ1n) is 10.6. The number of nitrogens with zero attached hydrogens (tertiary/aromatic N) is 4. The van der Waals surface area contributed by atoms with Crippen LogP contribution in [0.5, 0.6) is 0 Å². The lowest BCUT2D eigenvalue weighted by Crippen LogP contribution is -2.25. The number of likely N-dealkylation sites (tertiary alicyclic amines) is 1. The zero-order chi connectivity index (χ0) is 21.3. The molecule has 2 aromatic heterocycles. The van der Waals surface area contributed by atoms with Gasteiger partial charge in [-0.2, -0.15) is 0 Å². The van der Waals surface area contributed by atoms with E-state index in [0.717, 1.165) is 38.2 Å². The molecular weight excluding hydrogens is 410 g/mol. The van der Waals surface area contributed by atoms with E-state index in [1.807, 2.05) is 18.3 Å². The third kappa shape index (κ3) is 4.31. The molecule has 1 aliphatic carbocycles. The van der Waals surface area contributed by atoms with Gasteiger partial charge in [0.1, 0.15) is 5.82 Å². The Labute approximate surface area is 182 Å². The smallest absolute Gasteiger partial charge is 0.225 e. The molecule has 31 heavy (non-hydrogen) atoms. The molecule has 2 fully saturated rings. The Bertz CT molecular complexity index is 1110. The molecule has 1 unspecified atom stereocenters. The number of sulfone groups is 1. The number of hydrogen-bond acceptors (Lipinski definition) is 7. The summed E-state index contributed by atoms with van der Waals surface area (Å²) in [7, 11) is -3.64. The van der Waals surface area contributed by atoms with Crippen LogP contribution >= 0.6 is 0 Å². The molecule has 3 aromatic rings. The standard InChI is InChI=1S/C23H25N5O2S/c29-31(30,21-7-2-1-3-8-21)23-10-9-22(26-27-23)25-20-12-17-14-28(15-18(17)13-20)16-19-6-4-5-11-24-19/h1-11,17-18,20H,12-16H2,(H,25,26)/t17-,18+,20?. The Balaban J connectivity index is 1.17. The lowest BCUT2D eigenvalue weighted by molar-refractivity contribution is 0.297. The summed E-state index contributed by atoms with van der Waals surface area (Å²) in [5.41, 5.74) is 1.12. The first kappa shape index (κ1) is 20.1. The van der Waals surface area contributed by atoms with Crippen molar-refractivity contribution in [3.05, 3.63) is 72.6 Å². The van der Waals surface area contributed by atoms with Gasteiger partial charge in [-0.1, -0.05) is 24.3 Å². The van der Waals surface area contributed by atoms with Gasteiger partial charge in [-0.25, -0.2) is 8.42 Å². The van der Waals surface area contributed by atoms with E-state index >= 15 is 0 Å². The van der Waals surface area contributed by atoms with Crippen molar-refractivity contribution < 1.29 is 8.42 Å². The molecular formula is C23H25N5O2S. The molecule has 5 rings (SSSR count). The number of benzene rings is 1. The van der Waals surface area contributed by atoms with Crippen molar-refractivity contribution in [3.8, 4) is 0 Å². The second-order valence-corrected chi connectivity index (χ2v) is 10.3. The lowest BCUT2D eigenvalue weighted by atomic mass is 10.0. The van der Waals surface area contributed by atoms with E-state index < -0.39 is 9.84 Å². The first-order chi connectivity index (χ1) is 15.1. The second kappa shape index (κ2) is 8.36. The molecule has 0 spiro atoms. The Hall–Kier alpha value is -2.84. The van der Waals surface area contributed by atoms with E-state index in [9.17, 15) is 8.42 Å². The van der Waals surface area contributed by atoms with E-state index in [1.54, 1.807) is 36.4 Å². The van der Waals surface area contributed by atoms with Crippen LogP contribution < -0.4 is 5.32 Å². The third-order valence-electron chi connectivity index (χ3n) is 6.26. The van der Waals surface area contributed by atoms with Crippen LogP contribution in [0.15, 0.2) is 76.8 Å². The van der Waals surface area contributed by atoms with Crippen LogP contribution in [0.25, 0.3) is 0 Å². The summed E-state index contributed by atoms with van der Waals surface area (Å²) in [5.74, 6) is 1.97. The van der Waals surface area contributed by atoms with Crippen LogP contribution in [0, 0.1) is 11.8 Å². The van der Waals surface area contributed by atoms with Crippen LogP contribution in [-0.4, -0.2) is 47.6 Å². The van der Waals surface area contributed by atoms with Crippen molar-refractivity contribution in [2.75, 3.05) is 18.4 Å². The summed E-state index contributed by atoms with van der Waals surface area (Å²) in [6, 6.07) is 18.0. The molecule has 3 atom stereocenters. The maximum absolute atomic E-state index is 12.7. The summed E-state index contributed by atoms with van der Waals surface area (Å²) >= 11 is 0. The van der Waals surface area contributed by atoms with E-state index in [4.69, 9.17) is 0 Å². The number of pyridine rings is 1. The van der Waals surface area contributed by atoms with E-state index in [1.165, 1.54) is 6.07 Å². The summed E-state index contributed by atoms with van der Waals surface area (Å²) in [5, 5.41) is 11.5. The Morgan fingerprint density at radius 2 is 1.65 bits per heavy atom. The van der Waals surface area contributed by atoms with E-state index in [2.05, 4.69) is 31.5 Å². The van der Waals surface area contributed by atoms with Crippen molar-refractivity contribution in [3.63, 3.8) is 0 Å². The van der Waals surface area contributed by atoms with E-state index in [0.29, 0.717) is 23.7 Å². The summed E-state index contributed by atoms with van der Waals surface area (Å²) < 4.78 is 25.3. The van der Waals surface area contributed by atoms with Gasteiger partial charge in [-0.15, -0.1) is 10.2 Å². The zero-order valence-electron chi connectivity index (χ0n) is 17.1. The van der Waals surface area contributed by atoms with Gasteiger partial charge in [0, 0.05) is 31.9 Å². The Morgan fingerprint density at radius 3 is 2.29 bits per heavy atom. The summed E-state index contributed by atoms with van der Waals surface area (Å²) in [4.78, 5) is 7.16. The van der Waals surface area contributed by atoms with Crippen molar-refractivity contribution in [1.29, 1.82) is 0 Å². The molecule has 2 aliphatic rings. The highest BCUT2D eigenvalue weighted by Crippen LogP contribution is 2.39. The second-order valence-electron chi connectivity index (χ2n) is 8.42. The van der Waals surface area contributed by atoms with Crippen LogP contribution in [-0.2, 0) is 16.4 Å². The van der Waals surface area contributed by atoms with Crippen LogP contribution in [0.4, 0.5) is 5.82 Å². The normalized spacial score (nSPS) is 23.5. The van der Waals surface area contributed by atoms with Crippen LogP contribution in [0.2, 0.25) is 0 Å². The topological polar surface area (TPSA) is 88.1 Å². The zero-order valence-corrected chi connectivity index (χ0v) is 17.9. The van der Waals surface area contributed by atoms with Gasteiger partial charge in [0.15, 0.2) is 5.03 Å². The van der Waals surface area contributed by atoms with Crippen LogP contribution in [0.3, 0.4) is 0 Å². The highest BCUT2D eigenvalue weighted by atomic mass is 32.2. The fourth-order valence-corrected chi connectivity index (χ4v) is 5.99. The third-order valence-corrected chi connectivity index (χ3v) is 7.92. The van der Waals surface area contributed by atoms with Gasteiger partial charge < -0.3 is 5.32 Å². The predicted molar refractivity (Wildman–Crippen MR) is 117 cm³/mol. The fourth-order valence-electron chi connectivity index (χ4n) is 4.83. The minimum Gasteiger partial charge on any atom is -0.366 e. The summed E-state index contributed by atoms with van der Waals surface area (Å²) in [6.07, 6.45) is 4.04.